The van der Waals surface area contributed by atoms with Crippen LogP contribution < -0.4 is 5.32 Å². The molecule has 0 heterocycles. The minimum Gasteiger partial charge on any atom is -0.464 e. The van der Waals surface area contributed by atoms with Crippen molar-refractivity contribution in [2.45, 2.75) is 26.0 Å². The molecule has 0 aromatic heterocycles. The summed E-state index contributed by atoms with van der Waals surface area (Å²) in [6.45, 7) is 2.75. The summed E-state index contributed by atoms with van der Waals surface area (Å²) in [4.78, 5) is 44.3. The molecule has 0 saturated carbocycles. The first-order valence-electron chi connectivity index (χ1n) is 6.68. The summed E-state index contributed by atoms with van der Waals surface area (Å²) in [5.41, 5.74) is -0.0600. The second-order valence-corrected chi connectivity index (χ2v) is 4.40. The molecule has 0 aliphatic rings. The fourth-order valence-corrected chi connectivity index (χ4v) is 1.91. The molecule has 0 fully saturated rings. The monoisotopic (exact) mass is 324 g/mol. The third-order valence-electron chi connectivity index (χ3n) is 2.79. The standard InChI is InChI=1S/C14H16N2O7/c1-3-22-14(19)12(15-8-17)13(23-9(2)18)10-5-4-6-11(7-10)16(20)21/h4-8,12-13H,3H2,1-2H3,(H,15,17). The minimum absolute atomic E-state index is 0.0532. The number of nitrogens with one attached hydrogen (secondary N) is 1. The van der Waals surface area contributed by atoms with Gasteiger partial charge in [0.15, 0.2) is 12.1 Å². The Morgan fingerprint density at radius 1 is 1.43 bits per heavy atom. The van der Waals surface area contributed by atoms with E-state index in [1.807, 2.05) is 0 Å². The van der Waals surface area contributed by atoms with Gasteiger partial charge in [0.05, 0.1) is 11.5 Å². The van der Waals surface area contributed by atoms with E-state index in [2.05, 4.69) is 5.32 Å². The van der Waals surface area contributed by atoms with Crippen molar-refractivity contribution in [3.05, 3.63) is 39.9 Å². The van der Waals surface area contributed by atoms with Crippen LogP contribution in [-0.2, 0) is 23.9 Å². The number of hydrogen-bond acceptors (Lipinski definition) is 7. The topological polar surface area (TPSA) is 125 Å². The number of nitro benzene ring substituents is 1. The van der Waals surface area contributed by atoms with Gasteiger partial charge < -0.3 is 14.8 Å². The van der Waals surface area contributed by atoms with Gasteiger partial charge in [-0.15, -0.1) is 0 Å². The van der Waals surface area contributed by atoms with E-state index in [0.717, 1.165) is 13.0 Å². The number of nitrogens with zero attached hydrogens (tertiary/aromatic N) is 1. The Labute approximate surface area is 131 Å². The molecule has 2 atom stereocenters. The molecule has 23 heavy (non-hydrogen) atoms. The molecule has 0 bridgehead atoms. The maximum Gasteiger partial charge on any atom is 0.332 e. The Kier molecular flexibility index (Phi) is 6.66. The van der Waals surface area contributed by atoms with Crippen LogP contribution in [0.5, 0.6) is 0 Å². The molecule has 124 valence electrons. The van der Waals surface area contributed by atoms with Crippen LogP contribution >= 0.6 is 0 Å². The van der Waals surface area contributed by atoms with Gasteiger partial charge in [-0.1, -0.05) is 12.1 Å². The van der Waals surface area contributed by atoms with Crippen LogP contribution in [0.15, 0.2) is 24.3 Å². The maximum atomic E-state index is 12.0. The summed E-state index contributed by atoms with van der Waals surface area (Å²) in [7, 11) is 0. The van der Waals surface area contributed by atoms with Crippen molar-refractivity contribution >= 4 is 24.0 Å². The highest BCUT2D eigenvalue weighted by atomic mass is 16.6. The highest BCUT2D eigenvalue weighted by molar-refractivity contribution is 5.80. The zero-order chi connectivity index (χ0) is 17.4. The fourth-order valence-electron chi connectivity index (χ4n) is 1.91. The number of non-ortho nitro benzene ring substituents is 1. The molecular formula is C14H16N2O7. The fraction of sp³-hybridized carbons (Fsp3) is 0.357. The van der Waals surface area contributed by atoms with Crippen molar-refractivity contribution in [2.75, 3.05) is 6.61 Å². The first-order chi connectivity index (χ1) is 10.9. The Hall–Kier alpha value is -2.97. The van der Waals surface area contributed by atoms with Crippen molar-refractivity contribution in [1.29, 1.82) is 0 Å². The highest BCUT2D eigenvalue weighted by Crippen LogP contribution is 2.26. The Morgan fingerprint density at radius 2 is 2.13 bits per heavy atom. The SMILES string of the molecule is CCOC(=O)C(NC=O)C(OC(C)=O)c1cccc([N+](=O)[O-])c1. The lowest BCUT2D eigenvalue weighted by atomic mass is 10.0. The van der Waals surface area contributed by atoms with Crippen LogP contribution in [0, 0.1) is 10.1 Å². The van der Waals surface area contributed by atoms with Gasteiger partial charge in [-0.2, -0.15) is 0 Å². The van der Waals surface area contributed by atoms with Crippen LogP contribution in [0.2, 0.25) is 0 Å². The summed E-state index contributed by atoms with van der Waals surface area (Å²) in [5, 5.41) is 13.1. The van der Waals surface area contributed by atoms with Crippen LogP contribution in [-0.4, -0.2) is 35.9 Å². The number of carbonyl (C=O) groups excluding carboxylic acids is 3. The number of amides is 1. The summed E-state index contributed by atoms with van der Waals surface area (Å²) in [5.74, 6) is -1.54. The average Bonchev–Trinajstić information content (AvgIpc) is 2.50. The summed E-state index contributed by atoms with van der Waals surface area (Å²) < 4.78 is 9.90. The zero-order valence-electron chi connectivity index (χ0n) is 12.6. The van der Waals surface area contributed by atoms with Crippen LogP contribution in [0.4, 0.5) is 5.69 Å². The number of esters is 2. The molecule has 0 saturated heterocycles. The molecular weight excluding hydrogens is 308 g/mol. The molecule has 0 spiro atoms. The van der Waals surface area contributed by atoms with Gasteiger partial charge in [-0.05, 0) is 6.92 Å². The van der Waals surface area contributed by atoms with Crippen molar-refractivity contribution in [3.63, 3.8) is 0 Å². The molecule has 1 aromatic rings. The van der Waals surface area contributed by atoms with E-state index in [-0.39, 0.29) is 24.3 Å². The third kappa shape index (κ3) is 5.06. The summed E-state index contributed by atoms with van der Waals surface area (Å²) in [6, 6.07) is 3.91. The van der Waals surface area contributed by atoms with E-state index in [9.17, 15) is 24.5 Å². The lowest BCUT2D eigenvalue weighted by Crippen LogP contribution is -2.43. The molecule has 9 heteroatoms. The van der Waals surface area contributed by atoms with Gasteiger partial charge >= 0.3 is 11.9 Å². The highest BCUT2D eigenvalue weighted by Gasteiger charge is 2.34. The molecule has 1 aromatic carbocycles. The van der Waals surface area contributed by atoms with Crippen molar-refractivity contribution in [3.8, 4) is 0 Å². The van der Waals surface area contributed by atoms with Gasteiger partial charge in [0.1, 0.15) is 0 Å². The first kappa shape index (κ1) is 18.1. The number of rotatable bonds is 8. The molecule has 2 unspecified atom stereocenters. The molecule has 0 aliphatic heterocycles. The summed E-state index contributed by atoms with van der Waals surface area (Å²) in [6.07, 6.45) is -0.994. The smallest absolute Gasteiger partial charge is 0.332 e. The van der Waals surface area contributed by atoms with Crippen LogP contribution in [0.1, 0.15) is 25.5 Å². The molecule has 1 N–H and O–H groups in total. The van der Waals surface area contributed by atoms with Gasteiger partial charge in [0, 0.05) is 24.6 Å². The number of nitro groups is 1. The van der Waals surface area contributed by atoms with Gasteiger partial charge in [-0.25, -0.2) is 4.79 Å². The molecule has 9 nitrogen and oxygen atoms in total. The number of hydrogen-bond donors (Lipinski definition) is 1. The van der Waals surface area contributed by atoms with Gasteiger partial charge in [0.25, 0.3) is 5.69 Å². The number of ether oxygens (including phenoxy) is 2. The normalized spacial score (nSPS) is 12.6. The second kappa shape index (κ2) is 8.47. The zero-order valence-corrected chi connectivity index (χ0v) is 12.6. The Balaban J connectivity index is 3.26. The quantitative estimate of drug-likeness (QED) is 0.325. The third-order valence-corrected chi connectivity index (χ3v) is 2.79. The number of carbonyl (C=O) groups is 3. The summed E-state index contributed by atoms with van der Waals surface area (Å²) >= 11 is 0. The lowest BCUT2D eigenvalue weighted by molar-refractivity contribution is -0.385. The van der Waals surface area contributed by atoms with E-state index in [0.29, 0.717) is 0 Å². The van der Waals surface area contributed by atoms with Crippen molar-refractivity contribution in [2.24, 2.45) is 0 Å². The van der Waals surface area contributed by atoms with E-state index < -0.39 is 29.0 Å². The first-order valence-corrected chi connectivity index (χ1v) is 6.68. The van der Waals surface area contributed by atoms with Crippen LogP contribution in [0.3, 0.4) is 0 Å². The van der Waals surface area contributed by atoms with Gasteiger partial charge in [0.2, 0.25) is 6.41 Å². The van der Waals surface area contributed by atoms with E-state index in [4.69, 9.17) is 9.47 Å². The average molecular weight is 324 g/mol. The second-order valence-electron chi connectivity index (χ2n) is 4.40. The van der Waals surface area contributed by atoms with Crippen molar-refractivity contribution < 1.29 is 28.8 Å². The minimum atomic E-state index is -1.32. The molecule has 0 radical (unpaired) electrons. The van der Waals surface area contributed by atoms with Gasteiger partial charge in [-0.3, -0.25) is 19.7 Å². The predicted octanol–water partition coefficient (Wildman–Crippen LogP) is 0.877. The Bertz CT molecular complexity index is 603. The van der Waals surface area contributed by atoms with Crippen LogP contribution in [0.25, 0.3) is 0 Å². The number of benzene rings is 1. The van der Waals surface area contributed by atoms with E-state index in [1.165, 1.54) is 18.2 Å². The Morgan fingerprint density at radius 3 is 2.65 bits per heavy atom. The molecule has 0 aliphatic carbocycles. The van der Waals surface area contributed by atoms with Crippen molar-refractivity contribution in [1.82, 2.24) is 5.32 Å². The molecule has 1 amide bonds. The lowest BCUT2D eigenvalue weighted by Gasteiger charge is -2.24. The van der Waals surface area contributed by atoms with E-state index >= 15 is 0 Å². The predicted molar refractivity (Wildman–Crippen MR) is 77.2 cm³/mol. The largest absolute Gasteiger partial charge is 0.464 e. The van der Waals surface area contributed by atoms with E-state index in [1.54, 1.807) is 6.92 Å². The maximum absolute atomic E-state index is 12.0. The molecule has 1 rings (SSSR count).